The van der Waals surface area contributed by atoms with Crippen molar-refractivity contribution < 1.29 is 9.53 Å². The molecule has 0 aliphatic heterocycles. The molecular weight excluding hydrogens is 370 g/mol. The Morgan fingerprint density at radius 2 is 2.00 bits per heavy atom. The molecule has 1 unspecified atom stereocenters. The molecule has 0 radical (unpaired) electrons. The van der Waals surface area contributed by atoms with Crippen LogP contribution >= 0.6 is 11.8 Å². The fraction of sp³-hybridized carbons (Fsp3) is 0.136. The predicted octanol–water partition coefficient (Wildman–Crippen LogP) is 4.65. The minimum Gasteiger partial charge on any atom is -0.480 e. The molecule has 0 saturated carbocycles. The van der Waals surface area contributed by atoms with Gasteiger partial charge in [0.05, 0.1) is 10.6 Å². The average Bonchev–Trinajstić information content (AvgIpc) is 2.73. The van der Waals surface area contributed by atoms with Crippen LogP contribution in [0.4, 0.5) is 5.69 Å². The third kappa shape index (κ3) is 5.35. The number of hydrogen-bond donors (Lipinski definition) is 1. The lowest BCUT2D eigenvalue weighted by atomic mass is 10.2. The Kier molecular flexibility index (Phi) is 6.66. The SMILES string of the molecule is CC(Oc1ccccc1C#N)C(=O)Nc1cccc(CSc2ccccn2)c1. The number of nitriles is 1. The van der Waals surface area contributed by atoms with Crippen molar-refractivity contribution in [2.75, 3.05) is 5.32 Å². The number of pyridine rings is 1. The molecule has 3 rings (SSSR count). The molecule has 0 bridgehead atoms. The van der Waals surface area contributed by atoms with Gasteiger partial charge in [-0.3, -0.25) is 4.79 Å². The quantitative estimate of drug-likeness (QED) is 0.595. The number of carbonyl (C=O) groups excluding carboxylic acids is 1. The van der Waals surface area contributed by atoms with Crippen molar-refractivity contribution in [1.29, 1.82) is 5.26 Å². The van der Waals surface area contributed by atoms with Gasteiger partial charge in [-0.1, -0.05) is 30.3 Å². The van der Waals surface area contributed by atoms with E-state index in [0.717, 1.165) is 16.3 Å². The summed E-state index contributed by atoms with van der Waals surface area (Å²) in [4.78, 5) is 16.8. The van der Waals surface area contributed by atoms with E-state index in [1.165, 1.54) is 0 Å². The monoisotopic (exact) mass is 389 g/mol. The number of hydrogen-bond acceptors (Lipinski definition) is 5. The zero-order valence-corrected chi connectivity index (χ0v) is 16.1. The molecule has 2 aromatic carbocycles. The Balaban J connectivity index is 1.60. The van der Waals surface area contributed by atoms with Crippen LogP contribution in [0.15, 0.2) is 78.0 Å². The van der Waals surface area contributed by atoms with Crippen molar-refractivity contribution >= 4 is 23.4 Å². The number of rotatable bonds is 7. The smallest absolute Gasteiger partial charge is 0.265 e. The molecule has 6 heteroatoms. The number of benzene rings is 2. The number of ether oxygens (including phenoxy) is 1. The Morgan fingerprint density at radius 1 is 1.18 bits per heavy atom. The molecule has 0 aliphatic carbocycles. The van der Waals surface area contributed by atoms with Crippen LogP contribution in [0, 0.1) is 11.3 Å². The summed E-state index contributed by atoms with van der Waals surface area (Å²) in [5.41, 5.74) is 2.18. The second-order valence-corrected chi connectivity index (χ2v) is 7.01. The van der Waals surface area contributed by atoms with E-state index in [2.05, 4.69) is 16.4 Å². The first-order chi connectivity index (χ1) is 13.7. The van der Waals surface area contributed by atoms with Crippen molar-refractivity contribution in [1.82, 2.24) is 4.98 Å². The highest BCUT2D eigenvalue weighted by Gasteiger charge is 2.16. The number of anilines is 1. The van der Waals surface area contributed by atoms with E-state index in [1.807, 2.05) is 42.5 Å². The van der Waals surface area contributed by atoms with Gasteiger partial charge in [-0.2, -0.15) is 5.26 Å². The summed E-state index contributed by atoms with van der Waals surface area (Å²) in [6.45, 7) is 1.66. The summed E-state index contributed by atoms with van der Waals surface area (Å²) < 4.78 is 5.66. The maximum atomic E-state index is 12.5. The van der Waals surface area contributed by atoms with Crippen LogP contribution in [0.25, 0.3) is 0 Å². The van der Waals surface area contributed by atoms with E-state index in [1.54, 1.807) is 49.1 Å². The maximum Gasteiger partial charge on any atom is 0.265 e. The number of carbonyl (C=O) groups is 1. The highest BCUT2D eigenvalue weighted by Crippen LogP contribution is 2.23. The summed E-state index contributed by atoms with van der Waals surface area (Å²) in [5.74, 6) is 0.873. The first-order valence-corrected chi connectivity index (χ1v) is 9.73. The van der Waals surface area contributed by atoms with E-state index in [9.17, 15) is 4.79 Å². The molecule has 1 N–H and O–H groups in total. The number of nitrogens with zero attached hydrogens (tertiary/aromatic N) is 2. The first kappa shape index (κ1) is 19.5. The lowest BCUT2D eigenvalue weighted by Crippen LogP contribution is -2.30. The second kappa shape index (κ2) is 9.58. The Hall–Kier alpha value is -3.30. The molecule has 5 nitrogen and oxygen atoms in total. The van der Waals surface area contributed by atoms with E-state index >= 15 is 0 Å². The highest BCUT2D eigenvalue weighted by atomic mass is 32.2. The molecule has 1 atom stereocenters. The standard InChI is InChI=1S/C22H19N3O2S/c1-16(27-20-10-3-2-8-18(20)14-23)22(26)25-19-9-6-7-17(13-19)15-28-21-11-4-5-12-24-21/h2-13,16H,15H2,1H3,(H,25,26). The van der Waals surface area contributed by atoms with E-state index < -0.39 is 6.10 Å². The van der Waals surface area contributed by atoms with Gasteiger partial charge in [-0.15, -0.1) is 11.8 Å². The van der Waals surface area contributed by atoms with Crippen molar-refractivity contribution in [3.8, 4) is 11.8 Å². The molecule has 140 valence electrons. The van der Waals surface area contributed by atoms with Gasteiger partial charge in [-0.25, -0.2) is 4.98 Å². The van der Waals surface area contributed by atoms with E-state index in [-0.39, 0.29) is 5.91 Å². The van der Waals surface area contributed by atoms with Crippen LogP contribution in [-0.4, -0.2) is 17.0 Å². The van der Waals surface area contributed by atoms with Crippen LogP contribution < -0.4 is 10.1 Å². The number of para-hydroxylation sites is 1. The molecule has 28 heavy (non-hydrogen) atoms. The third-order valence-electron chi connectivity index (χ3n) is 3.90. The largest absolute Gasteiger partial charge is 0.480 e. The topological polar surface area (TPSA) is 75.0 Å². The van der Waals surface area contributed by atoms with Crippen molar-refractivity contribution in [2.45, 2.75) is 23.8 Å². The van der Waals surface area contributed by atoms with Crippen LogP contribution in [0.3, 0.4) is 0 Å². The maximum absolute atomic E-state index is 12.5. The summed E-state index contributed by atoms with van der Waals surface area (Å²) in [5, 5.41) is 13.0. The molecule has 3 aromatic rings. The lowest BCUT2D eigenvalue weighted by molar-refractivity contribution is -0.122. The van der Waals surface area contributed by atoms with Gasteiger partial charge in [0.1, 0.15) is 11.8 Å². The summed E-state index contributed by atoms with van der Waals surface area (Å²) in [7, 11) is 0. The summed E-state index contributed by atoms with van der Waals surface area (Å²) in [6, 6.07) is 22.4. The van der Waals surface area contributed by atoms with E-state index in [4.69, 9.17) is 10.00 Å². The molecule has 1 amide bonds. The zero-order chi connectivity index (χ0) is 19.8. The molecule has 1 aromatic heterocycles. The van der Waals surface area contributed by atoms with Gasteiger partial charge >= 0.3 is 0 Å². The van der Waals surface area contributed by atoms with Gasteiger partial charge in [0, 0.05) is 17.6 Å². The zero-order valence-electron chi connectivity index (χ0n) is 15.3. The number of thioether (sulfide) groups is 1. The molecule has 0 saturated heterocycles. The summed E-state index contributed by atoms with van der Waals surface area (Å²) in [6.07, 6.45) is 1.03. The van der Waals surface area contributed by atoms with Crippen molar-refractivity contribution in [3.05, 3.63) is 84.1 Å². The van der Waals surface area contributed by atoms with Crippen LogP contribution in [0.2, 0.25) is 0 Å². The Bertz CT molecular complexity index is 986. The predicted molar refractivity (Wildman–Crippen MR) is 110 cm³/mol. The van der Waals surface area contributed by atoms with E-state index in [0.29, 0.717) is 17.0 Å². The second-order valence-electron chi connectivity index (χ2n) is 6.01. The van der Waals surface area contributed by atoms with Crippen molar-refractivity contribution in [2.24, 2.45) is 0 Å². The Labute approximate surface area is 168 Å². The van der Waals surface area contributed by atoms with Crippen LogP contribution in [-0.2, 0) is 10.5 Å². The third-order valence-corrected chi connectivity index (χ3v) is 4.91. The van der Waals surface area contributed by atoms with Gasteiger partial charge in [0.25, 0.3) is 5.91 Å². The fourth-order valence-corrected chi connectivity index (χ4v) is 3.28. The molecule has 0 spiro atoms. The highest BCUT2D eigenvalue weighted by molar-refractivity contribution is 7.98. The molecule has 0 fully saturated rings. The normalized spacial score (nSPS) is 11.3. The molecular formula is C22H19N3O2S. The molecule has 0 aliphatic rings. The minimum absolute atomic E-state index is 0.276. The Morgan fingerprint density at radius 3 is 2.79 bits per heavy atom. The molecule has 1 heterocycles. The number of aromatic nitrogens is 1. The minimum atomic E-state index is -0.735. The fourth-order valence-electron chi connectivity index (χ4n) is 2.48. The first-order valence-electron chi connectivity index (χ1n) is 8.75. The van der Waals surface area contributed by atoms with Crippen LogP contribution in [0.1, 0.15) is 18.1 Å². The van der Waals surface area contributed by atoms with Gasteiger partial charge in [0.15, 0.2) is 6.10 Å². The summed E-state index contributed by atoms with van der Waals surface area (Å²) >= 11 is 1.63. The van der Waals surface area contributed by atoms with Crippen molar-refractivity contribution in [3.63, 3.8) is 0 Å². The average molecular weight is 389 g/mol. The lowest BCUT2D eigenvalue weighted by Gasteiger charge is -2.16. The van der Waals surface area contributed by atoms with Crippen LogP contribution in [0.5, 0.6) is 5.75 Å². The number of nitrogens with one attached hydrogen (secondary N) is 1. The van der Waals surface area contributed by atoms with Gasteiger partial charge in [0.2, 0.25) is 0 Å². The number of amides is 1. The van der Waals surface area contributed by atoms with Gasteiger partial charge < -0.3 is 10.1 Å². The van der Waals surface area contributed by atoms with Gasteiger partial charge in [-0.05, 0) is 48.9 Å².